The van der Waals surface area contributed by atoms with Crippen molar-refractivity contribution in [2.75, 3.05) is 13.7 Å². The summed E-state index contributed by atoms with van der Waals surface area (Å²) in [4.78, 5) is 21.1. The summed E-state index contributed by atoms with van der Waals surface area (Å²) >= 11 is 5.81. The Morgan fingerprint density at radius 1 is 1.05 bits per heavy atom. The van der Waals surface area contributed by atoms with Crippen molar-refractivity contribution in [1.82, 2.24) is 14.5 Å². The van der Waals surface area contributed by atoms with Gasteiger partial charge in [-0.1, -0.05) is 23.7 Å². The largest absolute Gasteiger partial charge is 0.473 e. The van der Waals surface area contributed by atoms with Gasteiger partial charge in [-0.05, 0) is 61.0 Å². The fraction of sp³-hybridized carbons (Fsp3) is 0.194. The minimum Gasteiger partial charge on any atom is -0.473 e. The number of hydrogen-bond donors (Lipinski definition) is 0. The maximum absolute atomic E-state index is 15.4. The Morgan fingerprint density at radius 3 is 2.64 bits per heavy atom. The van der Waals surface area contributed by atoms with Crippen LogP contribution in [0.15, 0.2) is 72.8 Å². The first kappa shape index (κ1) is 27.6. The number of methoxy groups -OCH3 is 1. The van der Waals surface area contributed by atoms with Gasteiger partial charge in [-0.3, -0.25) is 4.57 Å². The number of hydrogen-bond acceptors (Lipinski definition) is 7. The van der Waals surface area contributed by atoms with E-state index in [-0.39, 0.29) is 30.4 Å². The number of nitrogens with zero attached hydrogens (tertiary/aromatic N) is 3. The molecule has 0 radical (unpaired) electrons. The highest BCUT2D eigenvalue weighted by molar-refractivity contribution is 6.30. The maximum atomic E-state index is 15.4. The molecule has 1 unspecified atom stereocenters. The second-order valence-electron chi connectivity index (χ2n) is 9.61. The Balaban J connectivity index is 1.24. The Bertz CT molecular complexity index is 1790. The van der Waals surface area contributed by atoms with E-state index in [1.165, 1.54) is 25.3 Å². The third-order valence-electron chi connectivity index (χ3n) is 6.86. The van der Waals surface area contributed by atoms with Gasteiger partial charge in [0.25, 0.3) is 0 Å². The molecule has 0 spiro atoms. The zero-order valence-corrected chi connectivity index (χ0v) is 23.1. The number of pyridine rings is 1. The molecule has 42 heavy (non-hydrogen) atoms. The molecule has 1 saturated heterocycles. The predicted molar refractivity (Wildman–Crippen MR) is 151 cm³/mol. The van der Waals surface area contributed by atoms with Crippen LogP contribution in [0, 0.1) is 11.6 Å². The smallest absolute Gasteiger partial charge is 0.337 e. The fourth-order valence-corrected chi connectivity index (χ4v) is 4.68. The van der Waals surface area contributed by atoms with Crippen molar-refractivity contribution in [3.8, 4) is 28.9 Å². The number of ether oxygens (including phenoxy) is 4. The van der Waals surface area contributed by atoms with Crippen LogP contribution < -0.4 is 9.47 Å². The van der Waals surface area contributed by atoms with Crippen LogP contribution in [0.3, 0.4) is 0 Å². The second-order valence-corrected chi connectivity index (χ2v) is 10.1. The lowest BCUT2D eigenvalue weighted by atomic mass is 10.1. The molecule has 6 rings (SSSR count). The molecule has 1 aliphatic rings. The van der Waals surface area contributed by atoms with E-state index in [2.05, 4.69) is 9.97 Å². The first-order valence-electron chi connectivity index (χ1n) is 13.1. The number of fused-ring (bicyclic) bond motifs is 1. The van der Waals surface area contributed by atoms with E-state index in [1.807, 2.05) is 0 Å². The van der Waals surface area contributed by atoms with Crippen LogP contribution in [-0.2, 0) is 22.6 Å². The number of carbonyl (C=O) groups excluding carboxylic acids is 1. The van der Waals surface area contributed by atoms with E-state index >= 15 is 4.39 Å². The van der Waals surface area contributed by atoms with Crippen molar-refractivity contribution >= 4 is 28.6 Å². The topological polar surface area (TPSA) is 84.7 Å². The Hall–Kier alpha value is -4.54. The monoisotopic (exact) mass is 591 g/mol. The second kappa shape index (κ2) is 11.8. The van der Waals surface area contributed by atoms with Crippen LogP contribution in [0.2, 0.25) is 5.02 Å². The summed E-state index contributed by atoms with van der Waals surface area (Å²) < 4.78 is 53.3. The third kappa shape index (κ3) is 5.77. The number of carbonyl (C=O) groups is 1. The molecule has 8 nitrogen and oxygen atoms in total. The van der Waals surface area contributed by atoms with Crippen molar-refractivity contribution in [2.45, 2.75) is 25.7 Å². The standard InChI is InChI=1S/C31H24ClF2N3O5/c1-39-30(38)19-6-9-26-27(14-19)37(16-22-11-12-40-22)31(36-26)42-28-10-7-18(13-24(28)34)25-3-2-4-29(35-25)41-17-20-5-8-21(32)15-23(20)33/h2-10,13-15,22H,11-12,16-17H2,1H3. The summed E-state index contributed by atoms with van der Waals surface area (Å²) in [7, 11) is 1.31. The average molecular weight is 592 g/mol. The normalized spacial score (nSPS) is 14.4. The molecule has 5 aromatic rings. The van der Waals surface area contributed by atoms with E-state index in [9.17, 15) is 9.18 Å². The zero-order chi connectivity index (χ0) is 29.2. The molecule has 3 heterocycles. The van der Waals surface area contributed by atoms with Crippen molar-refractivity contribution in [3.05, 3.63) is 101 Å². The SMILES string of the molecule is COC(=O)c1ccc2nc(Oc3ccc(-c4cccc(OCc5ccc(Cl)cc5F)n4)cc3F)n(CC3CCO3)c2c1. The van der Waals surface area contributed by atoms with Crippen LogP contribution >= 0.6 is 11.6 Å². The van der Waals surface area contributed by atoms with Crippen LogP contribution in [-0.4, -0.2) is 40.3 Å². The van der Waals surface area contributed by atoms with Gasteiger partial charge < -0.3 is 18.9 Å². The minimum absolute atomic E-state index is 0.0383. The van der Waals surface area contributed by atoms with Gasteiger partial charge in [0, 0.05) is 28.8 Å². The number of esters is 1. The first-order valence-corrected chi connectivity index (χ1v) is 13.5. The number of benzene rings is 3. The van der Waals surface area contributed by atoms with Gasteiger partial charge in [0.1, 0.15) is 12.4 Å². The molecule has 2 aromatic heterocycles. The van der Waals surface area contributed by atoms with Gasteiger partial charge in [-0.2, -0.15) is 4.98 Å². The summed E-state index contributed by atoms with van der Waals surface area (Å²) in [5.41, 5.74) is 2.85. The van der Waals surface area contributed by atoms with Crippen molar-refractivity contribution in [2.24, 2.45) is 0 Å². The Morgan fingerprint density at radius 2 is 1.90 bits per heavy atom. The van der Waals surface area contributed by atoms with Gasteiger partial charge in [0.15, 0.2) is 11.6 Å². The molecule has 214 valence electrons. The number of rotatable bonds is 9. The van der Waals surface area contributed by atoms with Crippen LogP contribution in [0.1, 0.15) is 22.3 Å². The molecule has 0 aliphatic carbocycles. The first-order chi connectivity index (χ1) is 20.4. The lowest BCUT2D eigenvalue weighted by Gasteiger charge is -2.27. The average Bonchev–Trinajstić information content (AvgIpc) is 3.31. The maximum Gasteiger partial charge on any atom is 0.337 e. The van der Waals surface area contributed by atoms with Gasteiger partial charge in [-0.15, -0.1) is 0 Å². The van der Waals surface area contributed by atoms with E-state index in [4.69, 9.17) is 30.5 Å². The highest BCUT2D eigenvalue weighted by atomic mass is 35.5. The quantitative estimate of drug-likeness (QED) is 0.171. The summed E-state index contributed by atoms with van der Waals surface area (Å²) in [6.45, 7) is 1.04. The molecule has 1 atom stereocenters. The van der Waals surface area contributed by atoms with Gasteiger partial charge in [0.05, 0.1) is 42.0 Å². The number of imidazole rings is 1. The van der Waals surface area contributed by atoms with E-state index in [1.54, 1.807) is 59.2 Å². The molecule has 0 saturated carbocycles. The van der Waals surface area contributed by atoms with Crippen molar-refractivity contribution < 1.29 is 32.5 Å². The molecule has 1 fully saturated rings. The van der Waals surface area contributed by atoms with Crippen molar-refractivity contribution in [3.63, 3.8) is 0 Å². The highest BCUT2D eigenvalue weighted by Crippen LogP contribution is 2.32. The number of aromatic nitrogens is 3. The zero-order valence-electron chi connectivity index (χ0n) is 22.4. The lowest BCUT2D eigenvalue weighted by Crippen LogP contribution is -2.31. The molecular formula is C31H24ClF2N3O5. The minimum atomic E-state index is -0.627. The van der Waals surface area contributed by atoms with Crippen LogP contribution in [0.25, 0.3) is 22.3 Å². The van der Waals surface area contributed by atoms with E-state index in [0.717, 1.165) is 6.42 Å². The van der Waals surface area contributed by atoms with Crippen molar-refractivity contribution in [1.29, 1.82) is 0 Å². The summed E-state index contributed by atoms with van der Waals surface area (Å²) in [6.07, 6.45) is 0.819. The molecule has 0 N–H and O–H groups in total. The van der Waals surface area contributed by atoms with E-state index < -0.39 is 17.6 Å². The molecule has 3 aromatic carbocycles. The molecule has 11 heteroatoms. The van der Waals surface area contributed by atoms with Crippen LogP contribution in [0.4, 0.5) is 8.78 Å². The fourth-order valence-electron chi connectivity index (χ4n) is 4.52. The Kier molecular flexibility index (Phi) is 7.73. The third-order valence-corrected chi connectivity index (χ3v) is 7.09. The predicted octanol–water partition coefficient (Wildman–Crippen LogP) is 6.98. The van der Waals surface area contributed by atoms with Gasteiger partial charge >= 0.3 is 12.0 Å². The summed E-state index contributed by atoms with van der Waals surface area (Å²) in [6, 6.07) is 19.0. The van der Waals surface area contributed by atoms with Crippen LogP contribution in [0.5, 0.6) is 17.6 Å². The highest BCUT2D eigenvalue weighted by Gasteiger charge is 2.24. The summed E-state index contributed by atoms with van der Waals surface area (Å²) in [5.74, 6) is -1.37. The van der Waals surface area contributed by atoms with Gasteiger partial charge in [-0.25, -0.2) is 18.6 Å². The lowest BCUT2D eigenvalue weighted by molar-refractivity contribution is -0.0593. The summed E-state index contributed by atoms with van der Waals surface area (Å²) in [5, 5.41) is 0.295. The molecule has 0 bridgehead atoms. The molecular weight excluding hydrogens is 568 g/mol. The Labute approximate surface area is 244 Å². The molecule has 0 amide bonds. The van der Waals surface area contributed by atoms with E-state index in [0.29, 0.717) is 51.6 Å². The number of halogens is 3. The molecule has 1 aliphatic heterocycles. The van der Waals surface area contributed by atoms with Gasteiger partial charge in [0.2, 0.25) is 5.88 Å².